The topological polar surface area (TPSA) is 85.1 Å². The molecule has 1 amide bonds. The molecular formula is C23H15ClFN3O3. The predicted octanol–water partition coefficient (Wildman–Crippen LogP) is 6.16. The Balaban J connectivity index is 1.83. The molecule has 1 heterocycles. The van der Waals surface area contributed by atoms with Crippen LogP contribution in [-0.4, -0.2) is 15.8 Å². The van der Waals surface area contributed by atoms with E-state index in [-0.39, 0.29) is 5.69 Å². The first-order valence-corrected chi connectivity index (χ1v) is 9.63. The van der Waals surface area contributed by atoms with Crippen molar-refractivity contribution in [2.75, 3.05) is 5.32 Å². The number of nitro groups is 1. The smallest absolute Gasteiger partial charge is 0.306 e. The first kappa shape index (κ1) is 20.4. The maximum atomic E-state index is 13.7. The van der Waals surface area contributed by atoms with Gasteiger partial charge < -0.3 is 5.32 Å². The van der Waals surface area contributed by atoms with E-state index in [0.717, 1.165) is 17.7 Å². The Labute approximate surface area is 181 Å². The van der Waals surface area contributed by atoms with Gasteiger partial charge >= 0.3 is 5.69 Å². The highest BCUT2D eigenvalue weighted by Crippen LogP contribution is 2.31. The van der Waals surface area contributed by atoms with Crippen molar-refractivity contribution in [3.05, 3.63) is 98.8 Å². The molecule has 0 radical (unpaired) electrons. The molecule has 0 saturated carbocycles. The molecule has 1 aromatic heterocycles. The number of anilines is 1. The highest BCUT2D eigenvalue weighted by atomic mass is 35.5. The van der Waals surface area contributed by atoms with Crippen LogP contribution in [0.1, 0.15) is 15.9 Å². The normalized spacial score (nSPS) is 10.8. The van der Waals surface area contributed by atoms with Gasteiger partial charge in [0, 0.05) is 27.7 Å². The lowest BCUT2D eigenvalue weighted by molar-refractivity contribution is -0.387. The van der Waals surface area contributed by atoms with Crippen molar-refractivity contribution < 1.29 is 14.1 Å². The van der Waals surface area contributed by atoms with Gasteiger partial charge in [-0.25, -0.2) is 4.98 Å². The second-order valence-electron chi connectivity index (χ2n) is 6.86. The van der Waals surface area contributed by atoms with Gasteiger partial charge in [0.1, 0.15) is 0 Å². The zero-order chi connectivity index (χ0) is 22.1. The number of hydrogen-bond acceptors (Lipinski definition) is 4. The summed E-state index contributed by atoms with van der Waals surface area (Å²) >= 11 is 5.99. The van der Waals surface area contributed by atoms with E-state index in [9.17, 15) is 19.3 Å². The van der Waals surface area contributed by atoms with Gasteiger partial charge in [0.2, 0.25) is 5.82 Å². The highest BCUT2D eigenvalue weighted by molar-refractivity contribution is 6.30. The molecule has 0 saturated heterocycles. The molecule has 31 heavy (non-hydrogen) atoms. The zero-order valence-electron chi connectivity index (χ0n) is 16.2. The standard InChI is InChI=1S/C23H15ClFN3O3/c1-13-21(23(29)26-16-10-11-18(25)20(12-16)28(30)31)17-4-2-3-5-19(17)27-22(13)14-6-8-15(24)9-7-14/h2-12H,1H3,(H,26,29). The van der Waals surface area contributed by atoms with E-state index >= 15 is 0 Å². The predicted molar refractivity (Wildman–Crippen MR) is 118 cm³/mol. The molecule has 0 aliphatic heterocycles. The number of nitro benzene ring substituents is 1. The minimum atomic E-state index is -0.974. The number of nitrogens with one attached hydrogen (secondary N) is 1. The highest BCUT2D eigenvalue weighted by Gasteiger charge is 2.21. The van der Waals surface area contributed by atoms with Gasteiger partial charge in [-0.3, -0.25) is 14.9 Å². The molecule has 0 bridgehead atoms. The van der Waals surface area contributed by atoms with Crippen molar-refractivity contribution in [1.82, 2.24) is 4.98 Å². The van der Waals surface area contributed by atoms with Gasteiger partial charge in [-0.05, 0) is 42.8 Å². The van der Waals surface area contributed by atoms with Gasteiger partial charge in [0.15, 0.2) is 0 Å². The second-order valence-corrected chi connectivity index (χ2v) is 7.30. The fourth-order valence-corrected chi connectivity index (χ4v) is 3.54. The van der Waals surface area contributed by atoms with Crippen molar-refractivity contribution in [3.8, 4) is 11.3 Å². The van der Waals surface area contributed by atoms with E-state index in [4.69, 9.17) is 16.6 Å². The van der Waals surface area contributed by atoms with E-state index in [1.807, 2.05) is 18.2 Å². The Kier molecular flexibility index (Phi) is 5.35. The number of para-hydroxylation sites is 1. The van der Waals surface area contributed by atoms with Gasteiger partial charge in [-0.15, -0.1) is 0 Å². The largest absolute Gasteiger partial charge is 0.322 e. The molecule has 3 aromatic carbocycles. The third kappa shape index (κ3) is 3.95. The number of halogens is 2. The van der Waals surface area contributed by atoms with Crippen LogP contribution in [0.2, 0.25) is 5.02 Å². The maximum absolute atomic E-state index is 13.7. The molecule has 0 aliphatic carbocycles. The number of benzene rings is 3. The Morgan fingerprint density at radius 2 is 1.81 bits per heavy atom. The summed E-state index contributed by atoms with van der Waals surface area (Å²) in [6.45, 7) is 1.78. The molecule has 0 aliphatic rings. The molecule has 0 atom stereocenters. The summed E-state index contributed by atoms with van der Waals surface area (Å²) in [5.74, 6) is -1.45. The fourth-order valence-electron chi connectivity index (χ4n) is 3.41. The summed E-state index contributed by atoms with van der Waals surface area (Å²) < 4.78 is 13.7. The Bertz CT molecular complexity index is 1340. The van der Waals surface area contributed by atoms with Crippen LogP contribution in [0, 0.1) is 22.9 Å². The first-order valence-electron chi connectivity index (χ1n) is 9.25. The van der Waals surface area contributed by atoms with E-state index in [1.54, 1.807) is 37.3 Å². The van der Waals surface area contributed by atoms with E-state index < -0.39 is 22.3 Å². The van der Waals surface area contributed by atoms with Gasteiger partial charge in [0.25, 0.3) is 5.91 Å². The molecule has 6 nitrogen and oxygen atoms in total. The Morgan fingerprint density at radius 3 is 2.52 bits per heavy atom. The number of carbonyl (C=O) groups is 1. The fraction of sp³-hybridized carbons (Fsp3) is 0.0435. The summed E-state index contributed by atoms with van der Waals surface area (Å²) in [4.78, 5) is 28.1. The monoisotopic (exact) mass is 435 g/mol. The third-order valence-corrected chi connectivity index (χ3v) is 5.13. The van der Waals surface area contributed by atoms with Gasteiger partial charge in [-0.2, -0.15) is 4.39 Å². The van der Waals surface area contributed by atoms with Crippen LogP contribution in [0.3, 0.4) is 0 Å². The molecule has 0 spiro atoms. The minimum Gasteiger partial charge on any atom is -0.322 e. The number of aromatic nitrogens is 1. The van der Waals surface area contributed by atoms with E-state index in [2.05, 4.69) is 5.32 Å². The van der Waals surface area contributed by atoms with Gasteiger partial charge in [0.05, 0.1) is 21.7 Å². The quantitative estimate of drug-likeness (QED) is 0.307. The van der Waals surface area contributed by atoms with Crippen LogP contribution in [0.25, 0.3) is 22.2 Å². The third-order valence-electron chi connectivity index (χ3n) is 4.88. The number of carbonyl (C=O) groups excluding carboxylic acids is 1. The van der Waals surface area contributed by atoms with Crippen LogP contribution in [-0.2, 0) is 0 Å². The molecule has 4 aromatic rings. The van der Waals surface area contributed by atoms with E-state index in [1.165, 1.54) is 6.07 Å². The average Bonchev–Trinajstić information content (AvgIpc) is 2.75. The number of pyridine rings is 1. The summed E-state index contributed by atoms with van der Waals surface area (Å²) in [6.07, 6.45) is 0. The summed E-state index contributed by atoms with van der Waals surface area (Å²) in [5.41, 5.74) is 2.44. The van der Waals surface area contributed by atoms with Crippen LogP contribution >= 0.6 is 11.6 Å². The summed E-state index contributed by atoms with van der Waals surface area (Å²) in [5, 5.41) is 14.9. The number of amides is 1. The van der Waals surface area contributed by atoms with E-state index in [0.29, 0.717) is 32.7 Å². The zero-order valence-corrected chi connectivity index (χ0v) is 17.0. The molecular weight excluding hydrogens is 421 g/mol. The number of hydrogen-bond donors (Lipinski definition) is 1. The molecule has 4 rings (SSSR count). The number of fused-ring (bicyclic) bond motifs is 1. The van der Waals surface area contributed by atoms with Crippen molar-refractivity contribution in [2.45, 2.75) is 6.92 Å². The van der Waals surface area contributed by atoms with Crippen LogP contribution < -0.4 is 5.32 Å². The second kappa shape index (κ2) is 8.12. The van der Waals surface area contributed by atoms with Crippen LogP contribution in [0.5, 0.6) is 0 Å². The number of nitrogens with zero attached hydrogens (tertiary/aromatic N) is 2. The first-order chi connectivity index (χ1) is 14.8. The summed E-state index contributed by atoms with van der Waals surface area (Å²) in [7, 11) is 0. The van der Waals surface area contributed by atoms with Gasteiger partial charge in [-0.1, -0.05) is 41.9 Å². The number of rotatable bonds is 4. The summed E-state index contributed by atoms with van der Waals surface area (Å²) in [6, 6.07) is 17.5. The van der Waals surface area contributed by atoms with Crippen molar-refractivity contribution in [1.29, 1.82) is 0 Å². The van der Waals surface area contributed by atoms with Crippen LogP contribution in [0.4, 0.5) is 15.8 Å². The van der Waals surface area contributed by atoms with Crippen LogP contribution in [0.15, 0.2) is 66.7 Å². The molecule has 0 unspecified atom stereocenters. The Morgan fingerprint density at radius 1 is 1.10 bits per heavy atom. The molecule has 0 fully saturated rings. The lowest BCUT2D eigenvalue weighted by Gasteiger charge is -2.15. The molecule has 154 valence electrons. The lowest BCUT2D eigenvalue weighted by atomic mass is 9.97. The van der Waals surface area contributed by atoms with Crippen molar-refractivity contribution >= 4 is 39.8 Å². The molecule has 8 heteroatoms. The Hall–Kier alpha value is -3.84. The molecule has 1 N–H and O–H groups in total. The maximum Gasteiger partial charge on any atom is 0.306 e. The SMILES string of the molecule is Cc1c(-c2ccc(Cl)cc2)nc2ccccc2c1C(=O)Nc1ccc(F)c([N+](=O)[O-])c1. The lowest BCUT2D eigenvalue weighted by Crippen LogP contribution is -2.15. The van der Waals surface area contributed by atoms with Crippen molar-refractivity contribution in [3.63, 3.8) is 0 Å². The average molecular weight is 436 g/mol. The minimum absolute atomic E-state index is 0.117. The van der Waals surface area contributed by atoms with Crippen molar-refractivity contribution in [2.24, 2.45) is 0 Å².